The fraction of sp³-hybridized carbons (Fsp3) is 0.200. The minimum absolute atomic E-state index is 0.216. The van der Waals surface area contributed by atoms with Crippen LogP contribution in [0.15, 0.2) is 16.8 Å². The first kappa shape index (κ1) is 11.9. The van der Waals surface area contributed by atoms with Crippen LogP contribution in [0.25, 0.3) is 0 Å². The largest absolute Gasteiger partial charge is 0.382 e. The van der Waals surface area contributed by atoms with Gasteiger partial charge in [0.15, 0.2) is 5.13 Å². The van der Waals surface area contributed by atoms with Crippen molar-refractivity contribution in [2.45, 2.75) is 0 Å². The first-order valence-corrected chi connectivity index (χ1v) is 6.61. The molecule has 0 fully saturated rings. The van der Waals surface area contributed by atoms with E-state index in [2.05, 4.69) is 10.3 Å². The zero-order valence-electron chi connectivity index (χ0n) is 9.43. The Kier molecular flexibility index (Phi) is 3.30. The Labute approximate surface area is 107 Å². The number of anilines is 3. The summed E-state index contributed by atoms with van der Waals surface area (Å²) in [5.41, 5.74) is 6.50. The lowest BCUT2D eigenvalue weighted by Gasteiger charge is -2.04. The minimum Gasteiger partial charge on any atom is -0.382 e. The molecule has 2 rings (SSSR count). The first-order chi connectivity index (χ1) is 8.08. The van der Waals surface area contributed by atoms with E-state index in [1.807, 2.05) is 35.8 Å². The number of aromatic nitrogens is 1. The number of thiazole rings is 1. The number of nitrogens with two attached hydrogens (primary N) is 1. The van der Waals surface area contributed by atoms with Crippen molar-refractivity contribution in [2.75, 3.05) is 30.0 Å². The topological polar surface area (TPSA) is 71.2 Å². The molecule has 17 heavy (non-hydrogen) atoms. The Morgan fingerprint density at radius 1 is 1.53 bits per heavy atom. The lowest BCUT2D eigenvalue weighted by atomic mass is 10.4. The van der Waals surface area contributed by atoms with E-state index in [1.165, 1.54) is 22.7 Å². The summed E-state index contributed by atoms with van der Waals surface area (Å²) < 4.78 is 0. The standard InChI is InChI=1S/C10H12N4OS2/c1-14(2)10-13-8(11)7(17-10)9(15)12-6-3-4-16-5-6/h3-5H,11H2,1-2H3,(H,12,15). The van der Waals surface area contributed by atoms with Gasteiger partial charge in [-0.05, 0) is 11.4 Å². The van der Waals surface area contributed by atoms with Gasteiger partial charge in [0.05, 0.1) is 5.69 Å². The van der Waals surface area contributed by atoms with E-state index in [0.717, 1.165) is 10.8 Å². The molecule has 0 aliphatic rings. The van der Waals surface area contributed by atoms with Crippen molar-refractivity contribution in [3.8, 4) is 0 Å². The second kappa shape index (κ2) is 4.72. The molecule has 90 valence electrons. The molecule has 0 radical (unpaired) electrons. The number of nitrogen functional groups attached to an aromatic ring is 1. The molecular formula is C10H12N4OS2. The molecule has 2 aromatic heterocycles. The van der Waals surface area contributed by atoms with E-state index in [1.54, 1.807) is 0 Å². The van der Waals surface area contributed by atoms with Gasteiger partial charge in [0.1, 0.15) is 10.7 Å². The number of hydrogen-bond donors (Lipinski definition) is 2. The van der Waals surface area contributed by atoms with Crippen molar-refractivity contribution in [1.82, 2.24) is 4.98 Å². The normalized spacial score (nSPS) is 10.2. The van der Waals surface area contributed by atoms with Gasteiger partial charge in [-0.3, -0.25) is 4.79 Å². The van der Waals surface area contributed by atoms with Crippen molar-refractivity contribution in [1.29, 1.82) is 0 Å². The maximum atomic E-state index is 11.9. The van der Waals surface area contributed by atoms with Gasteiger partial charge in [-0.15, -0.1) is 0 Å². The third kappa shape index (κ3) is 2.56. The lowest BCUT2D eigenvalue weighted by molar-refractivity contribution is 0.103. The van der Waals surface area contributed by atoms with Crippen LogP contribution in [0.2, 0.25) is 0 Å². The summed E-state index contributed by atoms with van der Waals surface area (Å²) in [6, 6.07) is 1.84. The summed E-state index contributed by atoms with van der Waals surface area (Å²) in [5.74, 6) is 0.0536. The predicted molar refractivity (Wildman–Crippen MR) is 73.1 cm³/mol. The minimum atomic E-state index is -0.216. The Bertz CT molecular complexity index is 518. The molecule has 1 amide bonds. The summed E-state index contributed by atoms with van der Waals surface area (Å²) in [5, 5.41) is 7.26. The molecule has 0 bridgehead atoms. The first-order valence-electron chi connectivity index (χ1n) is 4.85. The molecule has 3 N–H and O–H groups in total. The Hall–Kier alpha value is -1.60. The molecule has 0 saturated carbocycles. The molecule has 0 aromatic carbocycles. The van der Waals surface area contributed by atoms with Crippen LogP contribution in [0.3, 0.4) is 0 Å². The quantitative estimate of drug-likeness (QED) is 0.894. The number of nitrogens with zero attached hydrogens (tertiary/aromatic N) is 2. The molecule has 0 unspecified atom stereocenters. The second-order valence-corrected chi connectivity index (χ2v) is 5.33. The fourth-order valence-corrected chi connectivity index (χ4v) is 2.59. The summed E-state index contributed by atoms with van der Waals surface area (Å²) >= 11 is 2.80. The maximum Gasteiger partial charge on any atom is 0.269 e. The number of thiophene rings is 1. The molecule has 0 atom stereocenters. The van der Waals surface area contributed by atoms with Gasteiger partial charge in [0.2, 0.25) is 0 Å². The molecule has 7 heteroatoms. The highest BCUT2D eigenvalue weighted by atomic mass is 32.1. The number of nitrogens with one attached hydrogen (secondary N) is 1. The molecule has 0 saturated heterocycles. The van der Waals surface area contributed by atoms with Gasteiger partial charge in [-0.1, -0.05) is 11.3 Å². The van der Waals surface area contributed by atoms with Gasteiger partial charge >= 0.3 is 0 Å². The van der Waals surface area contributed by atoms with Crippen LogP contribution in [0.5, 0.6) is 0 Å². The highest BCUT2D eigenvalue weighted by Gasteiger charge is 2.17. The SMILES string of the molecule is CN(C)c1nc(N)c(C(=O)Nc2ccsc2)s1. The smallest absolute Gasteiger partial charge is 0.269 e. The highest BCUT2D eigenvalue weighted by molar-refractivity contribution is 7.18. The van der Waals surface area contributed by atoms with Gasteiger partial charge in [0.25, 0.3) is 5.91 Å². The van der Waals surface area contributed by atoms with E-state index in [0.29, 0.717) is 4.88 Å². The van der Waals surface area contributed by atoms with E-state index < -0.39 is 0 Å². The Morgan fingerprint density at radius 3 is 2.82 bits per heavy atom. The molecule has 0 aliphatic carbocycles. The summed E-state index contributed by atoms with van der Waals surface area (Å²) in [6.45, 7) is 0. The maximum absolute atomic E-state index is 11.9. The summed E-state index contributed by atoms with van der Waals surface area (Å²) in [4.78, 5) is 18.3. The van der Waals surface area contributed by atoms with Crippen LogP contribution >= 0.6 is 22.7 Å². The molecule has 2 aromatic rings. The van der Waals surface area contributed by atoms with E-state index in [-0.39, 0.29) is 11.7 Å². The zero-order valence-corrected chi connectivity index (χ0v) is 11.1. The molecule has 2 heterocycles. The monoisotopic (exact) mass is 268 g/mol. The number of hydrogen-bond acceptors (Lipinski definition) is 6. The van der Waals surface area contributed by atoms with Gasteiger partial charge < -0.3 is 16.0 Å². The van der Waals surface area contributed by atoms with E-state index in [4.69, 9.17) is 5.73 Å². The van der Waals surface area contributed by atoms with Crippen molar-refractivity contribution >= 4 is 45.2 Å². The molecular weight excluding hydrogens is 256 g/mol. The number of amides is 1. The number of carbonyl (C=O) groups is 1. The van der Waals surface area contributed by atoms with Gasteiger partial charge in [-0.25, -0.2) is 4.98 Å². The van der Waals surface area contributed by atoms with Crippen molar-refractivity contribution in [3.05, 3.63) is 21.7 Å². The lowest BCUT2D eigenvalue weighted by Crippen LogP contribution is -2.11. The Balaban J connectivity index is 2.19. The van der Waals surface area contributed by atoms with Gasteiger partial charge in [0, 0.05) is 19.5 Å². The van der Waals surface area contributed by atoms with Crippen LogP contribution in [0.4, 0.5) is 16.6 Å². The van der Waals surface area contributed by atoms with Crippen LogP contribution in [0, 0.1) is 0 Å². The average molecular weight is 268 g/mol. The average Bonchev–Trinajstić information content (AvgIpc) is 2.86. The van der Waals surface area contributed by atoms with Crippen molar-refractivity contribution in [2.24, 2.45) is 0 Å². The van der Waals surface area contributed by atoms with Crippen LogP contribution in [-0.4, -0.2) is 25.0 Å². The van der Waals surface area contributed by atoms with Crippen molar-refractivity contribution in [3.63, 3.8) is 0 Å². The van der Waals surface area contributed by atoms with Crippen LogP contribution in [-0.2, 0) is 0 Å². The third-order valence-electron chi connectivity index (χ3n) is 2.01. The third-order valence-corrected chi connectivity index (χ3v) is 3.93. The van der Waals surface area contributed by atoms with E-state index >= 15 is 0 Å². The van der Waals surface area contributed by atoms with Crippen molar-refractivity contribution < 1.29 is 4.79 Å². The van der Waals surface area contributed by atoms with Gasteiger partial charge in [-0.2, -0.15) is 11.3 Å². The summed E-state index contributed by atoms with van der Waals surface area (Å²) in [6.07, 6.45) is 0. The molecule has 0 aliphatic heterocycles. The fourth-order valence-electron chi connectivity index (χ4n) is 1.20. The predicted octanol–water partition coefficient (Wildman–Crippen LogP) is 2.11. The molecule has 5 nitrogen and oxygen atoms in total. The second-order valence-electron chi connectivity index (χ2n) is 3.57. The number of rotatable bonds is 3. The van der Waals surface area contributed by atoms with Crippen LogP contribution < -0.4 is 16.0 Å². The zero-order chi connectivity index (χ0) is 12.4. The Morgan fingerprint density at radius 2 is 2.29 bits per heavy atom. The van der Waals surface area contributed by atoms with Crippen LogP contribution in [0.1, 0.15) is 9.67 Å². The summed E-state index contributed by atoms with van der Waals surface area (Å²) in [7, 11) is 3.72. The van der Waals surface area contributed by atoms with E-state index in [9.17, 15) is 4.79 Å². The highest BCUT2D eigenvalue weighted by Crippen LogP contribution is 2.27. The number of carbonyl (C=O) groups excluding carboxylic acids is 1. The molecule has 0 spiro atoms.